The molecule has 2 aliphatic rings. The van der Waals surface area contributed by atoms with Gasteiger partial charge in [-0.15, -0.1) is 0 Å². The van der Waals surface area contributed by atoms with Gasteiger partial charge in [0.05, 0.1) is 0 Å². The Bertz CT molecular complexity index is 567. The van der Waals surface area contributed by atoms with Gasteiger partial charge >= 0.3 is 0 Å². The summed E-state index contributed by atoms with van der Waals surface area (Å²) in [5.74, 6) is 0.257. The first-order chi connectivity index (χ1) is 10.2. The fourth-order valence-electron chi connectivity index (χ4n) is 2.76. The first-order valence-electron chi connectivity index (χ1n) is 7.42. The van der Waals surface area contributed by atoms with E-state index in [0.29, 0.717) is 5.69 Å². The predicted molar refractivity (Wildman–Crippen MR) is 80.3 cm³/mol. The molecule has 0 saturated heterocycles. The van der Waals surface area contributed by atoms with Crippen LogP contribution in [0.25, 0.3) is 0 Å². The van der Waals surface area contributed by atoms with E-state index in [1.165, 1.54) is 12.7 Å². The topological polar surface area (TPSA) is 58.6 Å². The lowest BCUT2D eigenvalue weighted by Crippen LogP contribution is -2.36. The summed E-state index contributed by atoms with van der Waals surface area (Å²) in [5.41, 5.74) is 2.85. The van der Waals surface area contributed by atoms with E-state index in [1.807, 2.05) is 23.1 Å². The van der Waals surface area contributed by atoms with Gasteiger partial charge in [0.25, 0.3) is 0 Å². The quantitative estimate of drug-likeness (QED) is 0.921. The van der Waals surface area contributed by atoms with Crippen LogP contribution in [0.3, 0.4) is 0 Å². The lowest BCUT2D eigenvalue weighted by Gasteiger charge is -2.30. The van der Waals surface area contributed by atoms with Crippen molar-refractivity contribution >= 4 is 23.2 Å². The van der Waals surface area contributed by atoms with Crippen LogP contribution in [0, 0.1) is 5.92 Å². The van der Waals surface area contributed by atoms with Gasteiger partial charge in [0.2, 0.25) is 11.8 Å². The monoisotopic (exact) mass is 288 g/mol. The van der Waals surface area contributed by atoms with Gasteiger partial charge in [-0.05, 0) is 43.4 Å². The zero-order chi connectivity index (χ0) is 14.8. The summed E-state index contributed by atoms with van der Waals surface area (Å²) in [6.45, 7) is 0.805. The first kappa shape index (κ1) is 14.1. The highest BCUT2D eigenvalue weighted by Crippen LogP contribution is 2.36. The summed E-state index contributed by atoms with van der Waals surface area (Å²) < 4.78 is 4.81. The number of hydrogen-bond acceptors (Lipinski definition) is 3. The van der Waals surface area contributed by atoms with Crippen LogP contribution in [0.2, 0.25) is 0 Å². The normalized spacial score (nSPS) is 17.3. The molecule has 1 heterocycles. The number of methoxy groups -OCH3 is 1. The minimum absolute atomic E-state index is 0.0296. The second-order valence-corrected chi connectivity index (χ2v) is 5.69. The Kier molecular flexibility index (Phi) is 3.92. The van der Waals surface area contributed by atoms with Gasteiger partial charge in [-0.25, -0.2) is 0 Å². The summed E-state index contributed by atoms with van der Waals surface area (Å²) in [6, 6.07) is 5.80. The van der Waals surface area contributed by atoms with Gasteiger partial charge in [-0.1, -0.05) is 6.07 Å². The molecule has 112 valence electrons. The molecule has 21 heavy (non-hydrogen) atoms. The van der Waals surface area contributed by atoms with E-state index in [1.54, 1.807) is 0 Å². The minimum Gasteiger partial charge on any atom is -0.375 e. The molecular weight excluding hydrogens is 268 g/mol. The Labute approximate surface area is 124 Å². The Morgan fingerprint density at radius 3 is 2.90 bits per heavy atom. The fraction of sp³-hybridized carbons (Fsp3) is 0.500. The molecule has 1 saturated carbocycles. The van der Waals surface area contributed by atoms with Crippen molar-refractivity contribution in [3.63, 3.8) is 0 Å². The van der Waals surface area contributed by atoms with E-state index < -0.39 is 0 Å². The van der Waals surface area contributed by atoms with Crippen LogP contribution >= 0.6 is 0 Å². The van der Waals surface area contributed by atoms with E-state index in [2.05, 4.69) is 5.32 Å². The second-order valence-electron chi connectivity index (χ2n) is 5.69. The SMILES string of the molecule is COCC(=O)Nc1ccc2c(c1)N(C(=O)C1CC1)CCC2. The van der Waals surface area contributed by atoms with Crippen molar-refractivity contribution in [2.45, 2.75) is 25.7 Å². The zero-order valence-corrected chi connectivity index (χ0v) is 12.2. The zero-order valence-electron chi connectivity index (χ0n) is 12.2. The number of nitrogens with one attached hydrogen (secondary N) is 1. The van der Waals surface area contributed by atoms with E-state index >= 15 is 0 Å². The van der Waals surface area contributed by atoms with E-state index in [0.717, 1.165) is 37.9 Å². The molecule has 0 bridgehead atoms. The Morgan fingerprint density at radius 1 is 1.38 bits per heavy atom. The van der Waals surface area contributed by atoms with Crippen LogP contribution in [0.5, 0.6) is 0 Å². The number of amides is 2. The molecule has 3 rings (SSSR count). The number of carbonyl (C=O) groups excluding carboxylic acids is 2. The third kappa shape index (κ3) is 3.08. The molecule has 1 aromatic carbocycles. The molecular formula is C16H20N2O3. The predicted octanol–water partition coefficient (Wildman–Crippen LogP) is 1.96. The molecule has 1 aliphatic heterocycles. The van der Waals surface area contributed by atoms with Crippen LogP contribution in [-0.4, -0.2) is 32.1 Å². The van der Waals surface area contributed by atoms with Crippen LogP contribution < -0.4 is 10.2 Å². The number of fused-ring (bicyclic) bond motifs is 1. The van der Waals surface area contributed by atoms with Gasteiger partial charge < -0.3 is 15.0 Å². The third-order valence-electron chi connectivity index (χ3n) is 3.96. The van der Waals surface area contributed by atoms with Gasteiger partial charge in [-0.2, -0.15) is 0 Å². The van der Waals surface area contributed by atoms with Crippen LogP contribution in [0.15, 0.2) is 18.2 Å². The number of hydrogen-bond donors (Lipinski definition) is 1. The summed E-state index contributed by atoms with van der Waals surface area (Å²) >= 11 is 0. The van der Waals surface area contributed by atoms with Gasteiger partial charge in [0.15, 0.2) is 0 Å². The number of aryl methyl sites for hydroxylation is 1. The molecule has 1 fully saturated rings. The molecule has 1 N–H and O–H groups in total. The summed E-state index contributed by atoms with van der Waals surface area (Å²) in [7, 11) is 1.49. The first-order valence-corrected chi connectivity index (χ1v) is 7.42. The summed E-state index contributed by atoms with van der Waals surface area (Å²) in [6.07, 6.45) is 4.00. The van der Waals surface area contributed by atoms with Crippen molar-refractivity contribution in [2.24, 2.45) is 5.92 Å². The highest BCUT2D eigenvalue weighted by atomic mass is 16.5. The van der Waals surface area contributed by atoms with Crippen LogP contribution in [-0.2, 0) is 20.7 Å². The number of carbonyl (C=O) groups is 2. The molecule has 0 aromatic heterocycles. The number of nitrogens with zero attached hydrogens (tertiary/aromatic N) is 1. The van der Waals surface area contributed by atoms with E-state index in [4.69, 9.17) is 4.74 Å². The second kappa shape index (κ2) is 5.85. The maximum absolute atomic E-state index is 12.4. The Morgan fingerprint density at radius 2 is 2.19 bits per heavy atom. The molecule has 5 heteroatoms. The lowest BCUT2D eigenvalue weighted by molar-refractivity contribution is -0.120. The van der Waals surface area contributed by atoms with Crippen molar-refractivity contribution in [3.8, 4) is 0 Å². The van der Waals surface area contributed by atoms with Crippen LogP contribution in [0.4, 0.5) is 11.4 Å². The fourth-order valence-corrected chi connectivity index (χ4v) is 2.76. The molecule has 1 aliphatic carbocycles. The standard InChI is InChI=1S/C16H20N2O3/c1-21-10-15(19)17-13-7-6-11-3-2-8-18(14(11)9-13)16(20)12-4-5-12/h6-7,9,12H,2-5,8,10H2,1H3,(H,17,19). The van der Waals surface area contributed by atoms with Gasteiger partial charge in [-0.3, -0.25) is 9.59 Å². The molecule has 0 spiro atoms. The van der Waals surface area contributed by atoms with Crippen LogP contribution in [0.1, 0.15) is 24.8 Å². The van der Waals surface area contributed by atoms with Crippen molar-refractivity contribution in [1.29, 1.82) is 0 Å². The molecule has 5 nitrogen and oxygen atoms in total. The third-order valence-corrected chi connectivity index (χ3v) is 3.96. The Hall–Kier alpha value is -1.88. The maximum atomic E-state index is 12.4. The van der Waals surface area contributed by atoms with Crippen molar-refractivity contribution < 1.29 is 14.3 Å². The van der Waals surface area contributed by atoms with Crippen molar-refractivity contribution in [2.75, 3.05) is 30.5 Å². The average molecular weight is 288 g/mol. The van der Waals surface area contributed by atoms with E-state index in [-0.39, 0.29) is 24.3 Å². The smallest absolute Gasteiger partial charge is 0.250 e. The summed E-state index contributed by atoms with van der Waals surface area (Å²) in [5, 5.41) is 2.80. The number of benzene rings is 1. The lowest BCUT2D eigenvalue weighted by atomic mass is 10.0. The summed E-state index contributed by atoms with van der Waals surface area (Å²) in [4.78, 5) is 25.9. The molecule has 2 amide bonds. The maximum Gasteiger partial charge on any atom is 0.250 e. The molecule has 0 atom stereocenters. The van der Waals surface area contributed by atoms with E-state index in [9.17, 15) is 9.59 Å². The number of rotatable bonds is 4. The average Bonchev–Trinajstić information content (AvgIpc) is 3.30. The molecule has 0 unspecified atom stereocenters. The number of ether oxygens (including phenoxy) is 1. The highest BCUT2D eigenvalue weighted by molar-refractivity contribution is 5.99. The van der Waals surface area contributed by atoms with Crippen molar-refractivity contribution in [1.82, 2.24) is 0 Å². The largest absolute Gasteiger partial charge is 0.375 e. The van der Waals surface area contributed by atoms with Crippen molar-refractivity contribution in [3.05, 3.63) is 23.8 Å². The Balaban J connectivity index is 1.82. The highest BCUT2D eigenvalue weighted by Gasteiger charge is 2.35. The minimum atomic E-state index is -0.187. The van der Waals surface area contributed by atoms with Gasteiger partial charge in [0, 0.05) is 30.9 Å². The van der Waals surface area contributed by atoms with Gasteiger partial charge in [0.1, 0.15) is 6.61 Å². The number of anilines is 2. The molecule has 1 aromatic rings. The molecule has 0 radical (unpaired) electrons.